The van der Waals surface area contributed by atoms with Gasteiger partial charge in [-0.15, -0.1) is 0 Å². The maximum atomic E-state index is 13.4. The molecule has 0 saturated carbocycles. The molecule has 0 radical (unpaired) electrons. The average molecular weight is 539 g/mol. The van der Waals surface area contributed by atoms with E-state index in [2.05, 4.69) is 4.98 Å². The van der Waals surface area contributed by atoms with Crippen molar-refractivity contribution in [3.8, 4) is 11.5 Å². The van der Waals surface area contributed by atoms with E-state index in [1.807, 2.05) is 0 Å². The van der Waals surface area contributed by atoms with Gasteiger partial charge in [0, 0.05) is 15.6 Å². The molecule has 36 heavy (non-hydrogen) atoms. The molecule has 2 aliphatic heterocycles. The lowest BCUT2D eigenvalue weighted by Crippen LogP contribution is -2.29. The molecule has 1 N–H and O–H groups in total. The molecule has 1 amide bonds. The molecular weight excluding hydrogens is 523 g/mol. The number of aliphatic hydroxyl groups is 1. The summed E-state index contributed by atoms with van der Waals surface area (Å²) in [5.74, 6) is -0.976. The number of anilines is 1. The predicted molar refractivity (Wildman–Crippen MR) is 138 cm³/mol. The van der Waals surface area contributed by atoms with E-state index in [4.69, 9.17) is 32.7 Å². The smallest absolute Gasteiger partial charge is 0.301 e. The highest BCUT2D eigenvalue weighted by atomic mass is 35.5. The number of Topliss-reactive ketones (excluding diaryl/α,β-unsaturated/α-hetero) is 1. The number of nitrogens with zero attached hydrogens (tertiary/aromatic N) is 2. The van der Waals surface area contributed by atoms with Gasteiger partial charge in [0.05, 0.1) is 21.8 Å². The Morgan fingerprint density at radius 2 is 1.75 bits per heavy atom. The number of hydrogen-bond acceptors (Lipinski definition) is 7. The number of aliphatic hydroxyl groups excluding tert-OH is 1. The van der Waals surface area contributed by atoms with E-state index < -0.39 is 17.7 Å². The number of aromatic nitrogens is 1. The minimum absolute atomic E-state index is 0.0729. The molecule has 0 bridgehead atoms. The zero-order valence-corrected chi connectivity index (χ0v) is 20.7. The zero-order valence-electron chi connectivity index (χ0n) is 18.4. The number of fused-ring (bicyclic) bond motifs is 2. The van der Waals surface area contributed by atoms with Crippen molar-refractivity contribution in [2.24, 2.45) is 0 Å². The molecule has 3 heterocycles. The van der Waals surface area contributed by atoms with Crippen molar-refractivity contribution in [1.82, 2.24) is 4.98 Å². The van der Waals surface area contributed by atoms with Crippen LogP contribution in [0.3, 0.4) is 0 Å². The van der Waals surface area contributed by atoms with Crippen LogP contribution in [0, 0.1) is 0 Å². The molecule has 2 aliphatic rings. The fraction of sp³-hybridized carbons (Fsp3) is 0.115. The number of halogens is 2. The minimum Gasteiger partial charge on any atom is -0.507 e. The standard InChI is InChI=1S/C26H16Cl2N2O5S/c27-15-3-1-2-13(10-15)22-21(23(31)14-4-7-18-19(11-14)35-9-8-34-18)24(32)25(33)30(22)26-29-17-6-5-16(28)12-20(17)36-26/h1-7,10-12,22,31H,8-9H2/t22-/m0/s1. The van der Waals surface area contributed by atoms with Gasteiger partial charge in [-0.2, -0.15) is 0 Å². The average Bonchev–Trinajstić information content (AvgIpc) is 3.41. The highest BCUT2D eigenvalue weighted by molar-refractivity contribution is 7.22. The Bertz CT molecular complexity index is 1600. The van der Waals surface area contributed by atoms with Gasteiger partial charge in [-0.25, -0.2) is 4.98 Å². The Hall–Kier alpha value is -3.59. The molecule has 1 aromatic heterocycles. The number of carbonyl (C=O) groups is 2. The summed E-state index contributed by atoms with van der Waals surface area (Å²) in [6, 6.07) is 15.9. The maximum absolute atomic E-state index is 13.4. The Kier molecular flexibility index (Phi) is 5.59. The highest BCUT2D eigenvalue weighted by Gasteiger charge is 2.48. The fourth-order valence-electron chi connectivity index (χ4n) is 4.36. The Morgan fingerprint density at radius 1 is 0.972 bits per heavy atom. The largest absolute Gasteiger partial charge is 0.507 e. The van der Waals surface area contributed by atoms with Crippen LogP contribution >= 0.6 is 34.5 Å². The van der Waals surface area contributed by atoms with E-state index in [1.165, 1.54) is 16.2 Å². The number of rotatable bonds is 3. The third-order valence-corrected chi connectivity index (χ3v) is 7.46. The number of hydrogen-bond donors (Lipinski definition) is 1. The summed E-state index contributed by atoms with van der Waals surface area (Å²) >= 11 is 13.6. The molecule has 1 fully saturated rings. The normalized spacial score (nSPS) is 18.7. The van der Waals surface area contributed by atoms with Crippen molar-refractivity contribution in [2.45, 2.75) is 6.04 Å². The van der Waals surface area contributed by atoms with E-state index in [9.17, 15) is 14.7 Å². The van der Waals surface area contributed by atoms with Crippen LogP contribution in [0.2, 0.25) is 10.0 Å². The monoisotopic (exact) mass is 538 g/mol. The van der Waals surface area contributed by atoms with E-state index in [0.717, 1.165) is 4.70 Å². The van der Waals surface area contributed by atoms with Gasteiger partial charge in [-0.1, -0.05) is 46.7 Å². The van der Waals surface area contributed by atoms with Gasteiger partial charge in [-0.3, -0.25) is 14.5 Å². The summed E-state index contributed by atoms with van der Waals surface area (Å²) in [5.41, 5.74) is 1.44. The van der Waals surface area contributed by atoms with Gasteiger partial charge in [0.1, 0.15) is 19.0 Å². The molecule has 3 aromatic carbocycles. The third kappa shape index (κ3) is 3.78. The van der Waals surface area contributed by atoms with Crippen molar-refractivity contribution in [2.75, 3.05) is 18.1 Å². The number of benzene rings is 3. The van der Waals surface area contributed by atoms with Crippen LogP contribution in [0.1, 0.15) is 17.2 Å². The maximum Gasteiger partial charge on any atom is 0.301 e. The molecule has 0 spiro atoms. The minimum atomic E-state index is -0.951. The van der Waals surface area contributed by atoms with Crippen molar-refractivity contribution < 1.29 is 24.2 Å². The predicted octanol–water partition coefficient (Wildman–Crippen LogP) is 6.00. The third-order valence-electron chi connectivity index (χ3n) is 5.97. The van der Waals surface area contributed by atoms with Crippen LogP contribution in [-0.2, 0) is 9.59 Å². The summed E-state index contributed by atoms with van der Waals surface area (Å²) in [7, 11) is 0. The van der Waals surface area contributed by atoms with Crippen LogP contribution in [-0.4, -0.2) is 35.0 Å². The highest BCUT2D eigenvalue weighted by Crippen LogP contribution is 2.45. The molecule has 7 nitrogen and oxygen atoms in total. The molecule has 1 atom stereocenters. The zero-order chi connectivity index (χ0) is 25.0. The van der Waals surface area contributed by atoms with Gasteiger partial charge in [-0.05, 0) is 54.1 Å². The topological polar surface area (TPSA) is 89.0 Å². The van der Waals surface area contributed by atoms with Crippen molar-refractivity contribution in [3.63, 3.8) is 0 Å². The molecule has 6 rings (SSSR count). The van der Waals surface area contributed by atoms with Gasteiger partial charge in [0.15, 0.2) is 16.6 Å². The van der Waals surface area contributed by atoms with Crippen molar-refractivity contribution >= 4 is 67.3 Å². The number of amides is 1. The van der Waals surface area contributed by atoms with E-state index >= 15 is 0 Å². The summed E-state index contributed by atoms with van der Waals surface area (Å²) < 4.78 is 11.9. The number of carbonyl (C=O) groups excluding carboxylic acids is 2. The van der Waals surface area contributed by atoms with Crippen LogP contribution in [0.15, 0.2) is 66.2 Å². The molecule has 0 unspecified atom stereocenters. The molecule has 10 heteroatoms. The van der Waals surface area contributed by atoms with Gasteiger partial charge >= 0.3 is 5.91 Å². The first-order valence-corrected chi connectivity index (χ1v) is 12.5. The van der Waals surface area contributed by atoms with E-state index in [-0.39, 0.29) is 11.3 Å². The van der Waals surface area contributed by atoms with Crippen molar-refractivity contribution in [3.05, 3.63) is 87.4 Å². The summed E-state index contributed by atoms with van der Waals surface area (Å²) in [4.78, 5) is 32.7. The lowest BCUT2D eigenvalue weighted by Gasteiger charge is -2.23. The lowest BCUT2D eigenvalue weighted by molar-refractivity contribution is -0.132. The Morgan fingerprint density at radius 3 is 2.56 bits per heavy atom. The van der Waals surface area contributed by atoms with Crippen LogP contribution in [0.25, 0.3) is 16.0 Å². The summed E-state index contributed by atoms with van der Waals surface area (Å²) in [5, 5.41) is 12.6. The summed E-state index contributed by atoms with van der Waals surface area (Å²) in [6.07, 6.45) is 0. The quantitative estimate of drug-likeness (QED) is 0.195. The van der Waals surface area contributed by atoms with Crippen LogP contribution in [0.5, 0.6) is 11.5 Å². The molecule has 4 aromatic rings. The number of ether oxygens (including phenoxy) is 2. The first-order chi connectivity index (χ1) is 17.4. The van der Waals surface area contributed by atoms with Crippen molar-refractivity contribution in [1.29, 1.82) is 0 Å². The SMILES string of the molecule is O=C1C(=O)N(c2nc3ccc(Cl)cc3s2)[C@@H](c2cccc(Cl)c2)C1=C(O)c1ccc2c(c1)OCCO2. The second-order valence-corrected chi connectivity index (χ2v) is 10.1. The van der Waals surface area contributed by atoms with Crippen LogP contribution in [0.4, 0.5) is 5.13 Å². The molecule has 180 valence electrons. The van der Waals surface area contributed by atoms with E-state index in [1.54, 1.807) is 60.7 Å². The first kappa shape index (κ1) is 22.8. The van der Waals surface area contributed by atoms with Gasteiger partial charge in [0.25, 0.3) is 5.78 Å². The first-order valence-electron chi connectivity index (χ1n) is 10.9. The molecule has 0 aliphatic carbocycles. The second kappa shape index (κ2) is 8.81. The Labute approximate surface area is 219 Å². The van der Waals surface area contributed by atoms with Crippen LogP contribution < -0.4 is 14.4 Å². The number of ketones is 1. The molecular formula is C26H16Cl2N2O5S. The second-order valence-electron chi connectivity index (χ2n) is 8.19. The Balaban J connectivity index is 1.54. The van der Waals surface area contributed by atoms with Gasteiger partial charge in [0.2, 0.25) is 0 Å². The van der Waals surface area contributed by atoms with Gasteiger partial charge < -0.3 is 14.6 Å². The number of thiazole rings is 1. The lowest BCUT2D eigenvalue weighted by atomic mass is 9.95. The summed E-state index contributed by atoms with van der Waals surface area (Å²) in [6.45, 7) is 0.789. The van der Waals surface area contributed by atoms with E-state index in [0.29, 0.717) is 56.5 Å². The fourth-order valence-corrected chi connectivity index (χ4v) is 5.82. The molecule has 1 saturated heterocycles.